The summed E-state index contributed by atoms with van der Waals surface area (Å²) < 4.78 is 5.33. The molecular weight excluding hydrogens is 346 g/mol. The second-order valence-corrected chi connectivity index (χ2v) is 6.95. The molecule has 3 nitrogen and oxygen atoms in total. The fraction of sp³-hybridized carbons (Fsp3) is 0.160. The molecule has 1 aliphatic rings. The normalized spacial score (nSPS) is 14.5. The lowest BCUT2D eigenvalue weighted by Gasteiger charge is -2.19. The van der Waals surface area contributed by atoms with Crippen LogP contribution in [0.15, 0.2) is 72.8 Å². The van der Waals surface area contributed by atoms with E-state index < -0.39 is 6.09 Å². The summed E-state index contributed by atoms with van der Waals surface area (Å²) in [7, 11) is 0. The Morgan fingerprint density at radius 3 is 2.43 bits per heavy atom. The summed E-state index contributed by atoms with van der Waals surface area (Å²) in [5.41, 5.74) is 6.72. The van der Waals surface area contributed by atoms with Gasteiger partial charge in [-0.3, -0.25) is 5.32 Å². The van der Waals surface area contributed by atoms with E-state index >= 15 is 0 Å². The van der Waals surface area contributed by atoms with E-state index in [1.807, 2.05) is 42.5 Å². The van der Waals surface area contributed by atoms with Gasteiger partial charge in [-0.1, -0.05) is 79.7 Å². The standard InChI is InChI=1S/C25H23NO2/c1-2-22-23-11-7-6-10-19(23)12-13-20-16-21(14-15-24(20)22)26-25(27)28-17-18-8-4-3-5-9-18/h3-16,22H,2,17H2,1H3,(H,26,27). The highest BCUT2D eigenvalue weighted by atomic mass is 16.5. The summed E-state index contributed by atoms with van der Waals surface area (Å²) in [6, 6.07) is 24.3. The first-order chi connectivity index (χ1) is 13.7. The van der Waals surface area contributed by atoms with Crippen LogP contribution in [-0.4, -0.2) is 6.09 Å². The Morgan fingerprint density at radius 1 is 0.893 bits per heavy atom. The molecule has 0 bridgehead atoms. The van der Waals surface area contributed by atoms with E-state index in [9.17, 15) is 4.79 Å². The van der Waals surface area contributed by atoms with Crippen molar-refractivity contribution in [2.75, 3.05) is 5.32 Å². The van der Waals surface area contributed by atoms with E-state index in [2.05, 4.69) is 54.7 Å². The van der Waals surface area contributed by atoms with Gasteiger partial charge in [-0.2, -0.15) is 0 Å². The minimum atomic E-state index is -0.447. The lowest BCUT2D eigenvalue weighted by molar-refractivity contribution is 0.155. The van der Waals surface area contributed by atoms with E-state index in [1.165, 1.54) is 16.7 Å². The summed E-state index contributed by atoms with van der Waals surface area (Å²) in [5.74, 6) is 0.347. The average molecular weight is 369 g/mol. The number of amides is 1. The number of carbonyl (C=O) groups excluding carboxylic acids is 1. The van der Waals surface area contributed by atoms with Crippen LogP contribution in [0.4, 0.5) is 10.5 Å². The van der Waals surface area contributed by atoms with Crippen molar-refractivity contribution < 1.29 is 9.53 Å². The molecule has 0 radical (unpaired) electrons. The van der Waals surface area contributed by atoms with Crippen molar-refractivity contribution in [3.8, 4) is 0 Å². The van der Waals surface area contributed by atoms with Gasteiger partial charge in [0.05, 0.1) is 0 Å². The van der Waals surface area contributed by atoms with Crippen molar-refractivity contribution in [2.24, 2.45) is 0 Å². The quantitative estimate of drug-likeness (QED) is 0.573. The second-order valence-electron chi connectivity index (χ2n) is 6.95. The molecule has 0 fully saturated rings. The van der Waals surface area contributed by atoms with Crippen molar-refractivity contribution in [1.82, 2.24) is 0 Å². The number of ether oxygens (including phenoxy) is 1. The largest absolute Gasteiger partial charge is 0.444 e. The summed E-state index contributed by atoms with van der Waals surface area (Å²) in [5, 5.41) is 2.84. The molecule has 28 heavy (non-hydrogen) atoms. The maximum absolute atomic E-state index is 12.2. The summed E-state index contributed by atoms with van der Waals surface area (Å²) in [6.07, 6.45) is 4.86. The van der Waals surface area contributed by atoms with Crippen molar-refractivity contribution in [2.45, 2.75) is 25.9 Å². The number of anilines is 1. The van der Waals surface area contributed by atoms with E-state index in [4.69, 9.17) is 4.74 Å². The first kappa shape index (κ1) is 18.1. The highest BCUT2D eigenvalue weighted by Crippen LogP contribution is 2.37. The van der Waals surface area contributed by atoms with E-state index in [0.717, 1.165) is 23.2 Å². The molecule has 1 aliphatic carbocycles. The van der Waals surface area contributed by atoms with Gasteiger partial charge in [-0.05, 0) is 46.4 Å². The maximum Gasteiger partial charge on any atom is 0.411 e. The number of nitrogens with one attached hydrogen (secondary N) is 1. The van der Waals surface area contributed by atoms with E-state index in [0.29, 0.717) is 5.92 Å². The van der Waals surface area contributed by atoms with Gasteiger partial charge in [0.2, 0.25) is 0 Å². The molecule has 140 valence electrons. The van der Waals surface area contributed by atoms with Crippen molar-refractivity contribution >= 4 is 23.9 Å². The highest BCUT2D eigenvalue weighted by Gasteiger charge is 2.20. The first-order valence-electron chi connectivity index (χ1n) is 9.63. The van der Waals surface area contributed by atoms with E-state index in [-0.39, 0.29) is 6.61 Å². The average Bonchev–Trinajstić information content (AvgIpc) is 2.89. The van der Waals surface area contributed by atoms with Gasteiger partial charge in [-0.25, -0.2) is 4.79 Å². The first-order valence-corrected chi connectivity index (χ1v) is 9.63. The number of carbonyl (C=O) groups is 1. The highest BCUT2D eigenvalue weighted by molar-refractivity contribution is 5.86. The summed E-state index contributed by atoms with van der Waals surface area (Å²) >= 11 is 0. The molecule has 1 unspecified atom stereocenters. The predicted octanol–water partition coefficient (Wildman–Crippen LogP) is 6.46. The van der Waals surface area contributed by atoms with Crippen LogP contribution in [0.2, 0.25) is 0 Å². The predicted molar refractivity (Wildman–Crippen MR) is 114 cm³/mol. The lowest BCUT2D eigenvalue weighted by Crippen LogP contribution is -2.14. The van der Waals surface area contributed by atoms with Crippen LogP contribution < -0.4 is 5.32 Å². The number of fused-ring (bicyclic) bond motifs is 2. The topological polar surface area (TPSA) is 38.3 Å². The molecule has 0 heterocycles. The fourth-order valence-electron chi connectivity index (χ4n) is 3.76. The number of hydrogen-bond donors (Lipinski definition) is 1. The zero-order valence-electron chi connectivity index (χ0n) is 15.9. The third-order valence-corrected chi connectivity index (χ3v) is 5.14. The Kier molecular flexibility index (Phi) is 5.24. The Bertz CT molecular complexity index is 1010. The molecule has 0 saturated carbocycles. The van der Waals surface area contributed by atoms with Crippen LogP contribution in [0.5, 0.6) is 0 Å². The Hall–Kier alpha value is -3.33. The molecule has 4 rings (SSSR count). The second kappa shape index (κ2) is 8.13. The molecule has 0 saturated heterocycles. The number of hydrogen-bond acceptors (Lipinski definition) is 2. The van der Waals surface area contributed by atoms with Gasteiger partial charge in [0.25, 0.3) is 0 Å². The van der Waals surface area contributed by atoms with Crippen LogP contribution in [0.3, 0.4) is 0 Å². The third kappa shape index (κ3) is 3.84. The zero-order chi connectivity index (χ0) is 19.3. The number of benzene rings is 3. The van der Waals surface area contributed by atoms with Crippen molar-refractivity contribution in [1.29, 1.82) is 0 Å². The summed E-state index contributed by atoms with van der Waals surface area (Å²) in [4.78, 5) is 12.2. The van der Waals surface area contributed by atoms with E-state index in [1.54, 1.807) is 0 Å². The van der Waals surface area contributed by atoms with Gasteiger partial charge in [0, 0.05) is 11.6 Å². The minimum Gasteiger partial charge on any atom is -0.444 e. The van der Waals surface area contributed by atoms with Gasteiger partial charge in [0.1, 0.15) is 6.61 Å². The Labute approximate surface area is 165 Å². The molecule has 1 atom stereocenters. The number of rotatable bonds is 4. The molecule has 3 heteroatoms. The Balaban J connectivity index is 1.52. The molecule has 0 aromatic heterocycles. The monoisotopic (exact) mass is 369 g/mol. The molecule has 1 amide bonds. The summed E-state index contributed by atoms with van der Waals surface area (Å²) in [6.45, 7) is 2.47. The molecule has 3 aromatic rings. The zero-order valence-corrected chi connectivity index (χ0v) is 15.9. The molecule has 0 aliphatic heterocycles. The lowest BCUT2D eigenvalue weighted by atomic mass is 9.86. The van der Waals surface area contributed by atoms with Crippen molar-refractivity contribution in [3.05, 3.63) is 101 Å². The molecule has 3 aromatic carbocycles. The van der Waals surface area contributed by atoms with Gasteiger partial charge in [-0.15, -0.1) is 0 Å². The van der Waals surface area contributed by atoms with Crippen LogP contribution in [-0.2, 0) is 11.3 Å². The molecule has 0 spiro atoms. The third-order valence-electron chi connectivity index (χ3n) is 5.14. The molecule has 1 N–H and O–H groups in total. The van der Waals surface area contributed by atoms with Crippen LogP contribution in [0, 0.1) is 0 Å². The SMILES string of the molecule is CCC1c2ccccc2C=Cc2cc(NC(=O)OCc3ccccc3)ccc21. The van der Waals surface area contributed by atoms with Crippen LogP contribution >= 0.6 is 0 Å². The minimum absolute atomic E-state index is 0.255. The van der Waals surface area contributed by atoms with Crippen LogP contribution in [0.25, 0.3) is 12.2 Å². The Morgan fingerprint density at radius 2 is 1.61 bits per heavy atom. The smallest absolute Gasteiger partial charge is 0.411 e. The van der Waals surface area contributed by atoms with Gasteiger partial charge < -0.3 is 4.74 Å². The van der Waals surface area contributed by atoms with Gasteiger partial charge >= 0.3 is 6.09 Å². The fourth-order valence-corrected chi connectivity index (χ4v) is 3.76. The van der Waals surface area contributed by atoms with Crippen molar-refractivity contribution in [3.63, 3.8) is 0 Å². The van der Waals surface area contributed by atoms with Gasteiger partial charge in [0.15, 0.2) is 0 Å². The van der Waals surface area contributed by atoms with Crippen LogP contribution in [0.1, 0.15) is 47.1 Å². The maximum atomic E-state index is 12.2. The molecular formula is C25H23NO2.